The first kappa shape index (κ1) is 27.4. The lowest BCUT2D eigenvalue weighted by molar-refractivity contribution is -0.135. The van der Waals surface area contributed by atoms with E-state index >= 15 is 0 Å². The van der Waals surface area contributed by atoms with Crippen molar-refractivity contribution < 1.29 is 28.6 Å². The molecule has 0 bridgehead atoms. The van der Waals surface area contributed by atoms with Crippen LogP contribution in [0, 0.1) is 27.7 Å². The van der Waals surface area contributed by atoms with Gasteiger partial charge in [0.05, 0.1) is 0 Å². The van der Waals surface area contributed by atoms with Gasteiger partial charge in [0.15, 0.2) is 0 Å². The van der Waals surface area contributed by atoms with Gasteiger partial charge in [0.25, 0.3) is 0 Å². The Bertz CT molecular complexity index is 1280. The molecule has 0 saturated heterocycles. The van der Waals surface area contributed by atoms with E-state index in [9.17, 15) is 14.4 Å². The molecule has 194 valence electrons. The molecule has 0 aliphatic heterocycles. The highest BCUT2D eigenvalue weighted by atomic mass is 16.6. The van der Waals surface area contributed by atoms with Crippen LogP contribution in [0.25, 0.3) is 0 Å². The third kappa shape index (κ3) is 6.95. The average molecular weight is 505 g/mol. The second-order valence-electron chi connectivity index (χ2n) is 8.90. The summed E-state index contributed by atoms with van der Waals surface area (Å²) in [6, 6.07) is 15.1. The summed E-state index contributed by atoms with van der Waals surface area (Å²) in [5.74, 6) is -0.397. The van der Waals surface area contributed by atoms with Gasteiger partial charge in [-0.1, -0.05) is 48.5 Å². The fourth-order valence-electron chi connectivity index (χ4n) is 3.80. The van der Waals surface area contributed by atoms with Crippen LogP contribution in [-0.4, -0.2) is 30.6 Å². The van der Waals surface area contributed by atoms with Crippen molar-refractivity contribution in [1.82, 2.24) is 5.32 Å². The van der Waals surface area contributed by atoms with E-state index in [1.54, 1.807) is 12.1 Å². The predicted octanol–water partition coefficient (Wildman–Crippen LogP) is 4.72. The molecule has 0 unspecified atom stereocenters. The molecule has 0 saturated carbocycles. The topological polar surface area (TPSA) is 117 Å². The van der Waals surface area contributed by atoms with E-state index in [4.69, 9.17) is 19.9 Å². The number of aryl methyl sites for hydroxylation is 4. The van der Waals surface area contributed by atoms with E-state index in [0.29, 0.717) is 17.1 Å². The number of rotatable bonds is 8. The average Bonchev–Trinajstić information content (AvgIpc) is 2.84. The SMILES string of the molecule is Cc1cccc(C)c1OC(=O)NCCc1cccc(OC(=O)[C@H](C)N)c1C(=O)Oc1c(C)cccc1C. The molecule has 1 amide bonds. The zero-order chi connectivity index (χ0) is 27.1. The molecule has 0 spiro atoms. The molecule has 0 aliphatic rings. The number of esters is 2. The Morgan fingerprint density at radius 2 is 1.30 bits per heavy atom. The zero-order valence-corrected chi connectivity index (χ0v) is 21.7. The van der Waals surface area contributed by atoms with Crippen LogP contribution in [0.15, 0.2) is 54.6 Å². The highest BCUT2D eigenvalue weighted by molar-refractivity contribution is 5.97. The van der Waals surface area contributed by atoms with Crippen molar-refractivity contribution in [3.8, 4) is 17.2 Å². The highest BCUT2D eigenvalue weighted by Crippen LogP contribution is 2.29. The summed E-state index contributed by atoms with van der Waals surface area (Å²) in [7, 11) is 0. The summed E-state index contributed by atoms with van der Waals surface area (Å²) in [6.07, 6.45) is -0.362. The van der Waals surface area contributed by atoms with Gasteiger partial charge < -0.3 is 25.3 Å². The number of ether oxygens (including phenoxy) is 3. The third-order valence-electron chi connectivity index (χ3n) is 5.77. The highest BCUT2D eigenvalue weighted by Gasteiger charge is 2.24. The number of amides is 1. The van der Waals surface area contributed by atoms with E-state index in [1.165, 1.54) is 13.0 Å². The predicted molar refractivity (Wildman–Crippen MR) is 140 cm³/mol. The minimum atomic E-state index is -0.882. The number of carbonyl (C=O) groups excluding carboxylic acids is 3. The minimum absolute atomic E-state index is 0.0362. The lowest BCUT2D eigenvalue weighted by Gasteiger charge is -2.17. The molecule has 37 heavy (non-hydrogen) atoms. The fourth-order valence-corrected chi connectivity index (χ4v) is 3.80. The van der Waals surface area contributed by atoms with E-state index in [2.05, 4.69) is 5.32 Å². The quantitative estimate of drug-likeness (QED) is 0.337. The van der Waals surface area contributed by atoms with Crippen LogP contribution in [0.4, 0.5) is 4.79 Å². The van der Waals surface area contributed by atoms with E-state index < -0.39 is 24.1 Å². The molecule has 1 atom stereocenters. The number of hydrogen-bond donors (Lipinski definition) is 2. The van der Waals surface area contributed by atoms with E-state index in [0.717, 1.165) is 22.3 Å². The lowest BCUT2D eigenvalue weighted by atomic mass is 10.0. The molecular weight excluding hydrogens is 472 g/mol. The minimum Gasteiger partial charge on any atom is -0.424 e. The van der Waals surface area contributed by atoms with Crippen LogP contribution < -0.4 is 25.3 Å². The maximum atomic E-state index is 13.4. The van der Waals surface area contributed by atoms with Crippen molar-refractivity contribution in [2.75, 3.05) is 6.54 Å². The maximum absolute atomic E-state index is 13.4. The molecule has 3 aromatic carbocycles. The first-order chi connectivity index (χ1) is 17.6. The Kier molecular flexibility index (Phi) is 9.03. The van der Waals surface area contributed by atoms with Gasteiger partial charge in [-0.25, -0.2) is 14.4 Å². The van der Waals surface area contributed by atoms with Crippen molar-refractivity contribution in [3.05, 3.63) is 88.0 Å². The van der Waals surface area contributed by atoms with Gasteiger partial charge in [-0.2, -0.15) is 0 Å². The van der Waals surface area contributed by atoms with Crippen LogP contribution in [0.1, 0.15) is 45.1 Å². The summed E-state index contributed by atoms with van der Waals surface area (Å²) in [5.41, 5.74) is 9.53. The van der Waals surface area contributed by atoms with Crippen LogP contribution in [0.3, 0.4) is 0 Å². The number of hydrogen-bond acceptors (Lipinski definition) is 7. The summed E-state index contributed by atoms with van der Waals surface area (Å²) in [5, 5.41) is 2.71. The summed E-state index contributed by atoms with van der Waals surface area (Å²) < 4.78 is 16.6. The molecule has 8 heteroatoms. The van der Waals surface area contributed by atoms with Crippen molar-refractivity contribution in [2.45, 2.75) is 47.1 Å². The first-order valence-electron chi connectivity index (χ1n) is 12.0. The van der Waals surface area contributed by atoms with Crippen LogP contribution in [-0.2, 0) is 11.2 Å². The van der Waals surface area contributed by atoms with E-state index in [-0.39, 0.29) is 24.3 Å². The Hall–Kier alpha value is -4.17. The number of nitrogens with one attached hydrogen (secondary N) is 1. The van der Waals surface area contributed by atoms with Crippen molar-refractivity contribution in [3.63, 3.8) is 0 Å². The number of carbonyl (C=O) groups is 3. The summed E-state index contributed by atoms with van der Waals surface area (Å²) in [6.45, 7) is 9.05. The summed E-state index contributed by atoms with van der Waals surface area (Å²) >= 11 is 0. The number of benzene rings is 3. The van der Waals surface area contributed by atoms with E-state index in [1.807, 2.05) is 64.1 Å². The molecule has 3 N–H and O–H groups in total. The molecule has 0 radical (unpaired) electrons. The van der Waals surface area contributed by atoms with Crippen LogP contribution in [0.5, 0.6) is 17.2 Å². The maximum Gasteiger partial charge on any atom is 0.412 e. The van der Waals surface area contributed by atoms with Crippen molar-refractivity contribution >= 4 is 18.0 Å². The first-order valence-corrected chi connectivity index (χ1v) is 12.0. The fraction of sp³-hybridized carbons (Fsp3) is 0.276. The van der Waals surface area contributed by atoms with Crippen molar-refractivity contribution in [1.29, 1.82) is 0 Å². The third-order valence-corrected chi connectivity index (χ3v) is 5.77. The van der Waals surface area contributed by atoms with Gasteiger partial charge in [-0.05, 0) is 74.9 Å². The zero-order valence-electron chi connectivity index (χ0n) is 21.7. The van der Waals surface area contributed by atoms with Gasteiger partial charge >= 0.3 is 18.0 Å². The van der Waals surface area contributed by atoms with Gasteiger partial charge in [0.2, 0.25) is 0 Å². The van der Waals surface area contributed by atoms with Gasteiger partial charge in [-0.15, -0.1) is 0 Å². The van der Waals surface area contributed by atoms with Gasteiger partial charge in [0, 0.05) is 6.54 Å². The number of para-hydroxylation sites is 2. The smallest absolute Gasteiger partial charge is 0.412 e. The van der Waals surface area contributed by atoms with Crippen molar-refractivity contribution in [2.24, 2.45) is 5.73 Å². The van der Waals surface area contributed by atoms with Crippen LogP contribution >= 0.6 is 0 Å². The monoisotopic (exact) mass is 504 g/mol. The standard InChI is InChI=1S/C29H32N2O6/c1-17-9-6-10-18(2)25(17)36-28(33)24-22(13-8-14-23(24)35-27(32)21(5)30)15-16-31-29(34)37-26-19(3)11-7-12-20(26)4/h6-14,21H,15-16,30H2,1-5H3,(H,31,34)/t21-/m0/s1. The normalized spacial score (nSPS) is 11.4. The Morgan fingerprint density at radius 3 is 1.84 bits per heavy atom. The molecule has 3 aromatic rings. The molecule has 3 rings (SSSR count). The Labute approximate surface area is 216 Å². The molecular formula is C29H32N2O6. The summed E-state index contributed by atoms with van der Waals surface area (Å²) in [4.78, 5) is 38.0. The molecule has 0 fully saturated rings. The van der Waals surface area contributed by atoms with Crippen LogP contribution in [0.2, 0.25) is 0 Å². The van der Waals surface area contributed by atoms with Gasteiger partial charge in [0.1, 0.15) is 28.9 Å². The second kappa shape index (κ2) is 12.2. The second-order valence-corrected chi connectivity index (χ2v) is 8.90. The lowest BCUT2D eigenvalue weighted by Crippen LogP contribution is -2.32. The van der Waals surface area contributed by atoms with Gasteiger partial charge in [-0.3, -0.25) is 0 Å². The Balaban J connectivity index is 1.82. The molecule has 0 aliphatic carbocycles. The number of nitrogens with two attached hydrogens (primary N) is 1. The molecule has 0 aromatic heterocycles. The largest absolute Gasteiger partial charge is 0.424 e. The molecule has 0 heterocycles. The Morgan fingerprint density at radius 1 is 0.784 bits per heavy atom. The molecule has 8 nitrogen and oxygen atoms in total.